The normalized spacial score (nSPS) is 11.6. The maximum absolute atomic E-state index is 2.35. The fourth-order valence-electron chi connectivity index (χ4n) is 3.97. The summed E-state index contributed by atoms with van der Waals surface area (Å²) in [7, 11) is 3.78. The Morgan fingerprint density at radius 3 is 1.19 bits per heavy atom. The maximum atomic E-state index is 2.35. The molecule has 0 fully saturated rings. The monoisotopic (exact) mass is 614 g/mol. The molecule has 6 aromatic rings. The highest BCUT2D eigenvalue weighted by Crippen LogP contribution is 2.50. The zero-order chi connectivity index (χ0) is 24.8. The molecule has 0 N–H and O–H groups in total. The fourth-order valence-corrected chi connectivity index (χ4v) is 13.8. The third-order valence-corrected chi connectivity index (χ3v) is 16.4. The first-order valence-electron chi connectivity index (χ1n) is 11.3. The Kier molecular flexibility index (Phi) is 7.40. The highest BCUT2D eigenvalue weighted by molar-refractivity contribution is 8.77. The molecular weight excluding hydrogens is 593 g/mol. The summed E-state index contributed by atoms with van der Waals surface area (Å²) in [5, 5.41) is 4.37. The first-order chi connectivity index (χ1) is 17.5. The molecule has 0 aliphatic heterocycles. The van der Waals surface area contributed by atoms with Gasteiger partial charge in [0.1, 0.15) is 0 Å². The van der Waals surface area contributed by atoms with E-state index in [-0.39, 0.29) is 0 Å². The molecule has 0 saturated heterocycles. The molecule has 0 atom stereocenters. The average Bonchev–Trinajstić information content (AvgIpc) is 3.66. The minimum atomic E-state index is 1.37. The zero-order valence-electron chi connectivity index (χ0n) is 20.0. The summed E-state index contributed by atoms with van der Waals surface area (Å²) in [6.07, 6.45) is 0. The van der Waals surface area contributed by atoms with Crippen LogP contribution in [0.25, 0.3) is 39.0 Å². The Morgan fingerprint density at radius 1 is 0.444 bits per heavy atom. The van der Waals surface area contributed by atoms with E-state index in [0.29, 0.717) is 0 Å². The van der Waals surface area contributed by atoms with Gasteiger partial charge in [-0.15, -0.1) is 68.0 Å². The largest absolute Gasteiger partial charge is 0.143 e. The number of hydrogen-bond acceptors (Lipinski definition) is 8. The van der Waals surface area contributed by atoms with E-state index in [1.165, 1.54) is 69.7 Å². The Morgan fingerprint density at radius 2 is 0.833 bits per heavy atom. The van der Waals surface area contributed by atoms with Crippen LogP contribution in [0.2, 0.25) is 0 Å². The van der Waals surface area contributed by atoms with Crippen molar-refractivity contribution < 1.29 is 0 Å². The van der Waals surface area contributed by atoms with Gasteiger partial charge in [0.05, 0.1) is 8.42 Å². The Bertz CT molecular complexity index is 1520. The summed E-state index contributed by atoms with van der Waals surface area (Å²) in [5.74, 6) is 0. The van der Waals surface area contributed by atoms with E-state index in [0.717, 1.165) is 0 Å². The van der Waals surface area contributed by atoms with E-state index in [4.69, 9.17) is 0 Å². The summed E-state index contributed by atoms with van der Waals surface area (Å²) >= 11 is 11.3. The van der Waals surface area contributed by atoms with Crippen molar-refractivity contribution in [3.8, 4) is 39.0 Å². The average molecular weight is 615 g/mol. The molecule has 0 unspecified atom stereocenters. The molecule has 0 saturated carbocycles. The SMILES string of the molecule is Cc1ccsc1-c1ccc(-c2sc(SSc3cc(C)c(-c4ccc(-c5sccc5C)s4)s3)cc2C)s1. The summed E-state index contributed by atoms with van der Waals surface area (Å²) in [6.45, 7) is 8.89. The van der Waals surface area contributed by atoms with Crippen LogP contribution in [-0.2, 0) is 0 Å². The number of rotatable bonds is 7. The molecule has 0 aromatic carbocycles. The van der Waals surface area contributed by atoms with Crippen LogP contribution in [0.4, 0.5) is 0 Å². The lowest BCUT2D eigenvalue weighted by Crippen LogP contribution is -1.67. The summed E-state index contributed by atoms with van der Waals surface area (Å²) in [5.41, 5.74) is 5.49. The van der Waals surface area contributed by atoms with Crippen molar-refractivity contribution in [2.75, 3.05) is 0 Å². The molecule has 182 valence electrons. The molecule has 6 heterocycles. The van der Waals surface area contributed by atoms with Crippen LogP contribution in [0.5, 0.6) is 0 Å². The van der Waals surface area contributed by atoms with Crippen LogP contribution in [0.1, 0.15) is 22.3 Å². The lowest BCUT2D eigenvalue weighted by atomic mass is 10.2. The van der Waals surface area contributed by atoms with Crippen molar-refractivity contribution in [2.45, 2.75) is 36.1 Å². The molecule has 0 amide bonds. The van der Waals surface area contributed by atoms with Gasteiger partial charge in [-0.1, -0.05) is 0 Å². The second-order valence-electron chi connectivity index (χ2n) is 8.52. The van der Waals surface area contributed by atoms with E-state index in [9.17, 15) is 0 Å². The maximum Gasteiger partial charge on any atom is 0.0719 e. The minimum Gasteiger partial charge on any atom is -0.143 e. The molecular formula is C28H22S8. The van der Waals surface area contributed by atoms with E-state index >= 15 is 0 Å². The van der Waals surface area contributed by atoms with Crippen molar-refractivity contribution in [3.63, 3.8) is 0 Å². The lowest BCUT2D eigenvalue weighted by Gasteiger charge is -1.96. The zero-order valence-corrected chi connectivity index (χ0v) is 26.6. The van der Waals surface area contributed by atoms with E-state index in [1.807, 2.05) is 89.6 Å². The first kappa shape index (κ1) is 25.2. The molecule has 0 spiro atoms. The molecule has 0 nitrogen and oxygen atoms in total. The van der Waals surface area contributed by atoms with Gasteiger partial charge in [0.15, 0.2) is 0 Å². The van der Waals surface area contributed by atoms with E-state index in [2.05, 4.69) is 87.0 Å². The molecule has 6 rings (SSSR count). The van der Waals surface area contributed by atoms with Gasteiger partial charge < -0.3 is 0 Å². The highest BCUT2D eigenvalue weighted by Gasteiger charge is 2.16. The van der Waals surface area contributed by atoms with E-state index < -0.39 is 0 Å². The van der Waals surface area contributed by atoms with Crippen LogP contribution in [0, 0.1) is 27.7 Å². The predicted octanol–water partition coefficient (Wildman–Crippen LogP) is 12.8. The lowest BCUT2D eigenvalue weighted by molar-refractivity contribution is 1.51. The molecule has 36 heavy (non-hydrogen) atoms. The van der Waals surface area contributed by atoms with Crippen molar-refractivity contribution in [1.82, 2.24) is 0 Å². The van der Waals surface area contributed by atoms with Gasteiger partial charge in [-0.3, -0.25) is 0 Å². The van der Waals surface area contributed by atoms with Gasteiger partial charge in [-0.25, -0.2) is 0 Å². The Labute approximate surface area is 244 Å². The van der Waals surface area contributed by atoms with Crippen molar-refractivity contribution in [1.29, 1.82) is 0 Å². The van der Waals surface area contributed by atoms with Crippen molar-refractivity contribution in [2.24, 2.45) is 0 Å². The van der Waals surface area contributed by atoms with Gasteiger partial charge in [-0.05, 0) is 131 Å². The van der Waals surface area contributed by atoms with Gasteiger partial charge in [-0.2, -0.15) is 0 Å². The number of hydrogen-bond donors (Lipinski definition) is 0. The quantitative estimate of drug-likeness (QED) is 0.164. The van der Waals surface area contributed by atoms with Crippen molar-refractivity contribution >= 4 is 89.6 Å². The van der Waals surface area contributed by atoms with Crippen LogP contribution >= 0.6 is 89.6 Å². The second kappa shape index (κ2) is 10.6. The fraction of sp³-hybridized carbons (Fsp3) is 0.143. The molecule has 0 bridgehead atoms. The van der Waals surface area contributed by atoms with Crippen LogP contribution in [0.3, 0.4) is 0 Å². The predicted molar refractivity (Wildman–Crippen MR) is 173 cm³/mol. The van der Waals surface area contributed by atoms with Crippen LogP contribution in [0.15, 0.2) is 67.7 Å². The molecule has 0 radical (unpaired) electrons. The van der Waals surface area contributed by atoms with Crippen LogP contribution in [-0.4, -0.2) is 0 Å². The number of thiophene rings is 6. The summed E-state index contributed by atoms with van der Waals surface area (Å²) < 4.78 is 2.74. The van der Waals surface area contributed by atoms with E-state index in [1.54, 1.807) is 0 Å². The van der Waals surface area contributed by atoms with Crippen LogP contribution < -0.4 is 0 Å². The third kappa shape index (κ3) is 4.99. The van der Waals surface area contributed by atoms with Crippen molar-refractivity contribution in [3.05, 3.63) is 81.5 Å². The second-order valence-corrected chi connectivity index (χ2v) is 17.3. The topological polar surface area (TPSA) is 0 Å². The van der Waals surface area contributed by atoms with Gasteiger partial charge >= 0.3 is 0 Å². The minimum absolute atomic E-state index is 1.37. The molecule has 0 aliphatic rings. The number of aryl methyl sites for hydroxylation is 4. The Balaban J connectivity index is 1.17. The summed E-state index contributed by atoms with van der Waals surface area (Å²) in [4.78, 5) is 11.1. The molecule has 0 aliphatic carbocycles. The van der Waals surface area contributed by atoms with Gasteiger partial charge in [0.25, 0.3) is 0 Å². The van der Waals surface area contributed by atoms with Gasteiger partial charge in [0, 0.05) is 39.0 Å². The molecule has 6 aromatic heterocycles. The smallest absolute Gasteiger partial charge is 0.0719 e. The van der Waals surface area contributed by atoms with Gasteiger partial charge in [0.2, 0.25) is 0 Å². The Hall–Kier alpha value is -1.10. The first-order valence-corrected chi connectivity index (χ1v) is 18.5. The standard InChI is InChI=1S/C28H22S8/c1-15-9-11-29-25(15)19-5-7-21(31-19)27-17(3)13-23(33-27)35-36-24-14-18(4)28(34-24)22-8-6-20(32-22)26-16(2)10-12-30-26/h5-14H,1-4H3. The highest BCUT2D eigenvalue weighted by atomic mass is 33.1. The third-order valence-electron chi connectivity index (χ3n) is 5.83. The molecule has 8 heteroatoms. The summed E-state index contributed by atoms with van der Waals surface area (Å²) in [6, 6.07) is 18.3.